The summed E-state index contributed by atoms with van der Waals surface area (Å²) in [5.41, 5.74) is 6.84. The Kier molecular flexibility index (Phi) is 6.16. The standard InChI is InChI=1S/C20H16F3N5O4S/c21-20(22,23)19-26-16(10-33-19)18(30)25-15-5-12-7-28(2-4-32-9-17(24)29)27-14(12)6-13(15)11-1-3-31-8-11/h1,3,5-8,10H,2,4,9H2,(H2,24,29)(H,25,30). The lowest BCUT2D eigenvalue weighted by atomic mass is 10.0. The summed E-state index contributed by atoms with van der Waals surface area (Å²) >= 11 is 0.348. The highest BCUT2D eigenvalue weighted by Crippen LogP contribution is 2.34. The number of halogens is 3. The molecule has 9 nitrogen and oxygen atoms in total. The summed E-state index contributed by atoms with van der Waals surface area (Å²) in [7, 11) is 0. The molecule has 2 amide bonds. The summed E-state index contributed by atoms with van der Waals surface area (Å²) in [5.74, 6) is -1.36. The average Bonchev–Trinajstić information content (AvgIpc) is 3.50. The molecule has 0 aliphatic rings. The van der Waals surface area contributed by atoms with Crippen molar-refractivity contribution in [3.8, 4) is 11.1 Å². The Bertz CT molecular complexity index is 1300. The number of anilines is 1. The predicted molar refractivity (Wildman–Crippen MR) is 113 cm³/mol. The molecule has 0 saturated carbocycles. The fraction of sp³-hybridized carbons (Fsp3) is 0.200. The number of aromatic nitrogens is 3. The van der Waals surface area contributed by atoms with Crippen molar-refractivity contribution in [3.05, 3.63) is 53.0 Å². The average molecular weight is 479 g/mol. The lowest BCUT2D eigenvalue weighted by molar-refractivity contribution is -0.137. The molecule has 0 saturated heterocycles. The molecule has 3 aromatic heterocycles. The van der Waals surface area contributed by atoms with E-state index in [0.29, 0.717) is 45.6 Å². The third-order valence-electron chi connectivity index (χ3n) is 4.46. The molecule has 3 heterocycles. The SMILES string of the molecule is NC(=O)COCCn1cc2cc(NC(=O)c3csc(C(F)(F)F)n3)c(-c3ccoc3)cc2n1. The number of carbonyl (C=O) groups is 2. The monoisotopic (exact) mass is 479 g/mol. The molecule has 0 radical (unpaired) electrons. The zero-order chi connectivity index (χ0) is 23.6. The highest BCUT2D eigenvalue weighted by atomic mass is 32.1. The van der Waals surface area contributed by atoms with Crippen molar-refractivity contribution in [2.45, 2.75) is 12.7 Å². The topological polar surface area (TPSA) is 125 Å². The zero-order valence-corrected chi connectivity index (χ0v) is 17.6. The van der Waals surface area contributed by atoms with Crippen LogP contribution in [-0.4, -0.2) is 39.8 Å². The molecule has 0 aliphatic carbocycles. The minimum absolute atomic E-state index is 0.200. The van der Waals surface area contributed by atoms with Gasteiger partial charge in [0.1, 0.15) is 12.3 Å². The van der Waals surface area contributed by atoms with Crippen LogP contribution in [0.4, 0.5) is 18.9 Å². The normalized spacial score (nSPS) is 11.7. The number of rotatable bonds is 8. The number of furan rings is 1. The highest BCUT2D eigenvalue weighted by Gasteiger charge is 2.35. The number of amides is 2. The van der Waals surface area contributed by atoms with Crippen molar-refractivity contribution >= 4 is 39.7 Å². The molecule has 0 atom stereocenters. The molecular weight excluding hydrogens is 463 g/mol. The molecule has 4 rings (SSSR count). The second-order valence-electron chi connectivity index (χ2n) is 6.87. The Labute approximate surface area is 188 Å². The number of nitrogens with two attached hydrogens (primary N) is 1. The smallest absolute Gasteiger partial charge is 0.443 e. The summed E-state index contributed by atoms with van der Waals surface area (Å²) in [5, 5.41) is 7.70. The summed E-state index contributed by atoms with van der Waals surface area (Å²) in [6, 6.07) is 5.05. The van der Waals surface area contributed by atoms with Crippen LogP contribution < -0.4 is 11.1 Å². The first-order chi connectivity index (χ1) is 15.7. The van der Waals surface area contributed by atoms with Gasteiger partial charge < -0.3 is 20.2 Å². The second-order valence-corrected chi connectivity index (χ2v) is 7.73. The lowest BCUT2D eigenvalue weighted by Crippen LogP contribution is -2.19. The molecule has 13 heteroatoms. The number of carbonyl (C=O) groups excluding carboxylic acids is 2. The van der Waals surface area contributed by atoms with Crippen LogP contribution in [0.15, 0.2) is 46.7 Å². The molecule has 4 aromatic rings. The zero-order valence-electron chi connectivity index (χ0n) is 16.8. The summed E-state index contributed by atoms with van der Waals surface area (Å²) in [6.45, 7) is 0.360. The van der Waals surface area contributed by atoms with Gasteiger partial charge in [-0.1, -0.05) is 0 Å². The van der Waals surface area contributed by atoms with Crippen LogP contribution >= 0.6 is 11.3 Å². The molecule has 0 unspecified atom stereocenters. The highest BCUT2D eigenvalue weighted by molar-refractivity contribution is 7.10. The number of nitrogens with zero attached hydrogens (tertiary/aromatic N) is 3. The quantitative estimate of drug-likeness (QED) is 0.373. The van der Waals surface area contributed by atoms with Crippen LogP contribution in [0.5, 0.6) is 0 Å². The Morgan fingerprint density at radius 1 is 1.30 bits per heavy atom. The van der Waals surface area contributed by atoms with Crippen LogP contribution in [0.2, 0.25) is 0 Å². The summed E-state index contributed by atoms with van der Waals surface area (Å²) in [4.78, 5) is 26.8. The molecule has 0 bridgehead atoms. The number of fused-ring (bicyclic) bond motifs is 1. The van der Waals surface area contributed by atoms with Crippen LogP contribution in [0.25, 0.3) is 22.0 Å². The van der Waals surface area contributed by atoms with E-state index >= 15 is 0 Å². The minimum atomic E-state index is -4.63. The van der Waals surface area contributed by atoms with Crippen molar-refractivity contribution in [2.75, 3.05) is 18.5 Å². The molecule has 3 N–H and O–H groups in total. The van der Waals surface area contributed by atoms with Crippen LogP contribution in [0.3, 0.4) is 0 Å². The Balaban J connectivity index is 1.61. The molecular formula is C20H16F3N5O4S. The van der Waals surface area contributed by atoms with Gasteiger partial charge in [0.05, 0.1) is 31.2 Å². The Morgan fingerprint density at radius 2 is 2.12 bits per heavy atom. The van der Waals surface area contributed by atoms with Gasteiger partial charge in [-0.3, -0.25) is 14.3 Å². The lowest BCUT2D eigenvalue weighted by Gasteiger charge is -2.09. The van der Waals surface area contributed by atoms with E-state index in [0.717, 1.165) is 5.38 Å². The van der Waals surface area contributed by atoms with Gasteiger partial charge in [-0.05, 0) is 18.2 Å². The van der Waals surface area contributed by atoms with Crippen molar-refractivity contribution in [1.82, 2.24) is 14.8 Å². The number of ether oxygens (including phenoxy) is 1. The first-order valence-corrected chi connectivity index (χ1v) is 10.3. The van der Waals surface area contributed by atoms with Gasteiger partial charge in [0.2, 0.25) is 5.91 Å². The van der Waals surface area contributed by atoms with E-state index in [9.17, 15) is 22.8 Å². The molecule has 0 fully saturated rings. The molecule has 33 heavy (non-hydrogen) atoms. The van der Waals surface area contributed by atoms with E-state index in [2.05, 4.69) is 15.4 Å². The number of thiazole rings is 1. The van der Waals surface area contributed by atoms with E-state index in [1.165, 1.54) is 12.5 Å². The van der Waals surface area contributed by atoms with E-state index in [4.69, 9.17) is 14.9 Å². The summed E-state index contributed by atoms with van der Waals surface area (Å²) in [6.07, 6.45) is 0.00803. The molecule has 172 valence electrons. The maximum Gasteiger partial charge on any atom is 0.443 e. The Morgan fingerprint density at radius 3 is 2.79 bits per heavy atom. The number of hydrogen-bond acceptors (Lipinski definition) is 7. The van der Waals surface area contributed by atoms with Gasteiger partial charge in [-0.15, -0.1) is 11.3 Å². The largest absolute Gasteiger partial charge is 0.472 e. The number of hydrogen-bond donors (Lipinski definition) is 2. The third kappa shape index (κ3) is 5.21. The van der Waals surface area contributed by atoms with Gasteiger partial charge >= 0.3 is 6.18 Å². The fourth-order valence-electron chi connectivity index (χ4n) is 3.02. The van der Waals surface area contributed by atoms with E-state index in [1.807, 2.05) is 0 Å². The first kappa shape index (κ1) is 22.5. The molecule has 0 spiro atoms. The second kappa shape index (κ2) is 9.03. The van der Waals surface area contributed by atoms with Gasteiger partial charge in [0.25, 0.3) is 5.91 Å². The predicted octanol–water partition coefficient (Wildman–Crippen LogP) is 3.53. The number of primary amides is 1. The van der Waals surface area contributed by atoms with Crippen molar-refractivity contribution in [2.24, 2.45) is 5.73 Å². The van der Waals surface area contributed by atoms with Crippen LogP contribution in [-0.2, 0) is 22.3 Å². The maximum atomic E-state index is 12.8. The minimum Gasteiger partial charge on any atom is -0.472 e. The van der Waals surface area contributed by atoms with Crippen molar-refractivity contribution in [3.63, 3.8) is 0 Å². The van der Waals surface area contributed by atoms with E-state index in [-0.39, 0.29) is 18.9 Å². The van der Waals surface area contributed by atoms with E-state index < -0.39 is 23.0 Å². The number of alkyl halides is 3. The Hall–Kier alpha value is -3.71. The third-order valence-corrected chi connectivity index (χ3v) is 5.35. The fourth-order valence-corrected chi connectivity index (χ4v) is 3.69. The van der Waals surface area contributed by atoms with Crippen molar-refractivity contribution < 1.29 is 31.9 Å². The van der Waals surface area contributed by atoms with Gasteiger partial charge in [-0.25, -0.2) is 4.98 Å². The van der Waals surface area contributed by atoms with Gasteiger partial charge in [-0.2, -0.15) is 18.3 Å². The van der Waals surface area contributed by atoms with Crippen molar-refractivity contribution in [1.29, 1.82) is 0 Å². The maximum absolute atomic E-state index is 12.8. The summed E-state index contributed by atoms with van der Waals surface area (Å²) < 4.78 is 50.4. The van der Waals surface area contributed by atoms with Crippen LogP contribution in [0.1, 0.15) is 15.5 Å². The molecule has 1 aromatic carbocycles. The van der Waals surface area contributed by atoms with Gasteiger partial charge in [0.15, 0.2) is 5.01 Å². The van der Waals surface area contributed by atoms with E-state index in [1.54, 1.807) is 29.1 Å². The molecule has 0 aliphatic heterocycles. The van der Waals surface area contributed by atoms with Crippen LogP contribution in [0, 0.1) is 0 Å². The number of benzene rings is 1. The number of nitrogens with one attached hydrogen (secondary N) is 1. The van der Waals surface area contributed by atoms with Gasteiger partial charge in [0, 0.05) is 33.8 Å². The first-order valence-electron chi connectivity index (χ1n) is 9.44.